The van der Waals surface area contributed by atoms with Crippen LogP contribution in [0, 0.1) is 18.8 Å². The highest BCUT2D eigenvalue weighted by molar-refractivity contribution is 6.31. The lowest BCUT2D eigenvalue weighted by Crippen LogP contribution is -2.43. The van der Waals surface area contributed by atoms with Crippen LogP contribution < -0.4 is 4.90 Å². The van der Waals surface area contributed by atoms with Crippen LogP contribution in [0.3, 0.4) is 0 Å². The van der Waals surface area contributed by atoms with E-state index >= 15 is 0 Å². The molecule has 2 fully saturated rings. The highest BCUT2D eigenvalue weighted by Crippen LogP contribution is 2.52. The predicted molar refractivity (Wildman–Crippen MR) is 79.5 cm³/mol. The van der Waals surface area contributed by atoms with E-state index in [0.29, 0.717) is 10.7 Å². The lowest BCUT2D eigenvalue weighted by atomic mass is 9.77. The number of fused-ring (bicyclic) bond motifs is 5. The number of aliphatic hydroxyl groups is 1. The van der Waals surface area contributed by atoms with E-state index in [1.165, 1.54) is 4.90 Å². The molecule has 4 rings (SSSR count). The van der Waals surface area contributed by atoms with Crippen molar-refractivity contribution in [2.45, 2.75) is 18.6 Å². The number of carbonyl (C=O) groups excluding carboxylic acids is 2. The summed E-state index contributed by atoms with van der Waals surface area (Å²) in [5.41, 5.74) is 0.235. The molecule has 114 valence electrons. The second-order valence-electron chi connectivity index (χ2n) is 6.00. The number of ether oxygens (including phenoxy) is 1. The molecule has 1 aromatic carbocycles. The van der Waals surface area contributed by atoms with Gasteiger partial charge in [-0.2, -0.15) is 0 Å². The second-order valence-corrected chi connectivity index (χ2v) is 6.44. The Morgan fingerprint density at radius 1 is 1.36 bits per heavy atom. The summed E-state index contributed by atoms with van der Waals surface area (Å²) in [7, 11) is 0. The van der Waals surface area contributed by atoms with Crippen LogP contribution in [0.5, 0.6) is 0 Å². The molecule has 0 saturated carbocycles. The van der Waals surface area contributed by atoms with Crippen LogP contribution in [0.4, 0.5) is 5.69 Å². The third-order valence-electron chi connectivity index (χ3n) is 4.81. The number of benzene rings is 1. The van der Waals surface area contributed by atoms with Crippen LogP contribution >= 0.6 is 11.6 Å². The van der Waals surface area contributed by atoms with Crippen molar-refractivity contribution < 1.29 is 19.4 Å². The Morgan fingerprint density at radius 3 is 2.86 bits per heavy atom. The van der Waals surface area contributed by atoms with Crippen molar-refractivity contribution in [2.24, 2.45) is 11.8 Å². The van der Waals surface area contributed by atoms with Crippen LogP contribution in [0.1, 0.15) is 5.56 Å². The molecule has 2 amide bonds. The van der Waals surface area contributed by atoms with Crippen LogP contribution in [-0.4, -0.2) is 35.2 Å². The first-order valence-corrected chi connectivity index (χ1v) is 7.48. The van der Waals surface area contributed by atoms with E-state index in [0.717, 1.165) is 5.56 Å². The highest BCUT2D eigenvalue weighted by Gasteiger charge is 2.67. The van der Waals surface area contributed by atoms with Gasteiger partial charge in [0.1, 0.15) is 5.60 Å². The van der Waals surface area contributed by atoms with Crippen molar-refractivity contribution in [2.75, 3.05) is 11.5 Å². The van der Waals surface area contributed by atoms with Gasteiger partial charge in [-0.05, 0) is 24.6 Å². The minimum absolute atomic E-state index is 0.287. The van der Waals surface area contributed by atoms with E-state index in [1.807, 2.05) is 6.92 Å². The monoisotopic (exact) mass is 319 g/mol. The van der Waals surface area contributed by atoms with Gasteiger partial charge in [0.25, 0.3) is 0 Å². The van der Waals surface area contributed by atoms with Gasteiger partial charge in [-0.25, -0.2) is 4.90 Å². The molecular formula is C16H14ClNO4. The van der Waals surface area contributed by atoms with Crippen molar-refractivity contribution in [3.8, 4) is 0 Å². The molecule has 6 heteroatoms. The number of nitrogens with zero attached hydrogens (tertiary/aromatic N) is 1. The first kappa shape index (κ1) is 13.9. The SMILES string of the molecule is Cc1ccc(Cl)cc1N1C(=O)[C@@H]2[C@@H](C1=O)[C@@]1(CO)C=C[C@H]2O1. The van der Waals surface area contributed by atoms with E-state index < -0.39 is 23.5 Å². The lowest BCUT2D eigenvalue weighted by Gasteiger charge is -2.26. The van der Waals surface area contributed by atoms with Crippen LogP contribution in [0.15, 0.2) is 30.4 Å². The van der Waals surface area contributed by atoms with Crippen molar-refractivity contribution in [1.29, 1.82) is 0 Å². The number of amides is 2. The Kier molecular flexibility index (Phi) is 2.79. The number of carbonyl (C=O) groups is 2. The first-order chi connectivity index (χ1) is 10.5. The van der Waals surface area contributed by atoms with Crippen molar-refractivity contribution in [1.82, 2.24) is 0 Å². The molecule has 3 heterocycles. The molecule has 22 heavy (non-hydrogen) atoms. The molecule has 3 aliphatic rings. The minimum Gasteiger partial charge on any atom is -0.393 e. The van der Waals surface area contributed by atoms with Crippen molar-refractivity contribution in [3.63, 3.8) is 0 Å². The molecule has 2 saturated heterocycles. The summed E-state index contributed by atoms with van der Waals surface area (Å²) in [4.78, 5) is 26.8. The molecule has 0 unspecified atom stereocenters. The Labute approximate surface area is 132 Å². The zero-order valence-corrected chi connectivity index (χ0v) is 12.6. The number of hydrogen-bond acceptors (Lipinski definition) is 4. The van der Waals surface area contributed by atoms with Gasteiger partial charge < -0.3 is 9.84 Å². The van der Waals surface area contributed by atoms with Gasteiger partial charge in [-0.15, -0.1) is 0 Å². The van der Waals surface area contributed by atoms with Gasteiger partial charge in [0, 0.05) is 5.02 Å². The van der Waals surface area contributed by atoms with Gasteiger partial charge in [-0.1, -0.05) is 29.8 Å². The van der Waals surface area contributed by atoms with Gasteiger partial charge in [-0.3, -0.25) is 9.59 Å². The Bertz CT molecular complexity index is 731. The molecule has 0 aliphatic carbocycles. The van der Waals surface area contributed by atoms with Crippen LogP contribution in [0.2, 0.25) is 5.02 Å². The molecule has 0 aromatic heterocycles. The zero-order valence-electron chi connectivity index (χ0n) is 11.8. The van der Waals surface area contributed by atoms with Crippen LogP contribution in [0.25, 0.3) is 0 Å². The second kappa shape index (κ2) is 4.41. The number of imide groups is 1. The van der Waals surface area contributed by atoms with E-state index in [9.17, 15) is 14.7 Å². The summed E-state index contributed by atoms with van der Waals surface area (Å²) in [6.45, 7) is 1.51. The van der Waals surface area contributed by atoms with E-state index in [1.54, 1.807) is 30.4 Å². The van der Waals surface area contributed by atoms with E-state index in [2.05, 4.69) is 0 Å². The average Bonchev–Trinajstić information content (AvgIpc) is 3.14. The fourth-order valence-electron chi connectivity index (χ4n) is 3.74. The topological polar surface area (TPSA) is 66.8 Å². The maximum atomic E-state index is 12.9. The molecule has 0 spiro atoms. The summed E-state index contributed by atoms with van der Waals surface area (Å²) in [5.74, 6) is -1.85. The van der Waals surface area contributed by atoms with E-state index in [4.69, 9.17) is 16.3 Å². The molecule has 1 aromatic rings. The lowest BCUT2D eigenvalue weighted by molar-refractivity contribution is -0.128. The number of hydrogen-bond donors (Lipinski definition) is 1. The van der Waals surface area contributed by atoms with Gasteiger partial charge >= 0.3 is 0 Å². The molecule has 1 N–H and O–H groups in total. The van der Waals surface area contributed by atoms with Crippen LogP contribution in [-0.2, 0) is 14.3 Å². The number of halogens is 1. The largest absolute Gasteiger partial charge is 0.393 e. The molecule has 3 aliphatic heterocycles. The predicted octanol–water partition coefficient (Wildman–Crippen LogP) is 1.45. The molecular weight excluding hydrogens is 306 g/mol. The fraction of sp³-hybridized carbons (Fsp3) is 0.375. The van der Waals surface area contributed by atoms with Gasteiger partial charge in [0.05, 0.1) is 30.2 Å². The van der Waals surface area contributed by atoms with Crippen molar-refractivity contribution >= 4 is 29.1 Å². The Balaban J connectivity index is 1.81. The summed E-state index contributed by atoms with van der Waals surface area (Å²) >= 11 is 6.01. The number of aryl methyl sites for hydroxylation is 1. The maximum absolute atomic E-state index is 12.9. The summed E-state index contributed by atoms with van der Waals surface area (Å²) in [6, 6.07) is 5.11. The number of rotatable bonds is 2. The molecule has 5 nitrogen and oxygen atoms in total. The first-order valence-electron chi connectivity index (χ1n) is 7.10. The van der Waals surface area contributed by atoms with E-state index in [-0.39, 0.29) is 18.4 Å². The van der Waals surface area contributed by atoms with Gasteiger partial charge in [0.15, 0.2) is 0 Å². The third-order valence-corrected chi connectivity index (χ3v) is 5.05. The summed E-state index contributed by atoms with van der Waals surface area (Å²) in [6.07, 6.45) is 3.02. The highest BCUT2D eigenvalue weighted by atomic mass is 35.5. The minimum atomic E-state index is -1.07. The Hall–Kier alpha value is -1.69. The third kappa shape index (κ3) is 1.56. The molecule has 0 radical (unpaired) electrons. The van der Waals surface area contributed by atoms with Gasteiger partial charge in [0.2, 0.25) is 11.8 Å². The normalized spacial score (nSPS) is 35.6. The fourth-order valence-corrected chi connectivity index (χ4v) is 3.91. The molecule has 4 atom stereocenters. The standard InChI is InChI=1S/C16H14ClNO4/c1-8-2-3-9(17)6-10(8)18-14(20)12-11-4-5-16(7-19,22-11)13(12)15(18)21/h2-6,11-13,19H,7H2,1H3/t11-,12+,13+,16+/m1/s1. The summed E-state index contributed by atoms with van der Waals surface area (Å²) < 4.78 is 5.70. The smallest absolute Gasteiger partial charge is 0.241 e. The number of aliphatic hydroxyl groups excluding tert-OH is 1. The molecule has 2 bridgehead atoms. The summed E-state index contributed by atoms with van der Waals surface area (Å²) in [5, 5.41) is 10.1. The number of anilines is 1. The zero-order chi connectivity index (χ0) is 15.6. The quantitative estimate of drug-likeness (QED) is 0.662. The maximum Gasteiger partial charge on any atom is 0.241 e. The van der Waals surface area contributed by atoms with Crippen molar-refractivity contribution in [3.05, 3.63) is 40.9 Å². The average molecular weight is 320 g/mol. The Morgan fingerprint density at radius 2 is 2.14 bits per heavy atom.